The molecule has 0 bridgehead atoms. The van der Waals surface area contributed by atoms with Gasteiger partial charge in [0.15, 0.2) is 0 Å². The lowest BCUT2D eigenvalue weighted by atomic mass is 10.2. The molecule has 1 aromatic heterocycles. The zero-order valence-electron chi connectivity index (χ0n) is 9.10. The van der Waals surface area contributed by atoms with Crippen molar-refractivity contribution in [3.05, 3.63) is 35.4 Å². The zero-order chi connectivity index (χ0) is 11.7. The maximum Gasteiger partial charge on any atom is 0.148 e. The fourth-order valence-corrected chi connectivity index (χ4v) is 1.55. The Morgan fingerprint density at radius 2 is 2.12 bits per heavy atom. The molecule has 0 aliphatic rings. The molecule has 0 radical (unpaired) electrons. The van der Waals surface area contributed by atoms with E-state index in [1.165, 1.54) is 0 Å². The summed E-state index contributed by atoms with van der Waals surface area (Å²) in [6.45, 7) is 3.70. The highest BCUT2D eigenvalue weighted by Gasteiger charge is 2.06. The highest BCUT2D eigenvalue weighted by Crippen LogP contribution is 2.17. The minimum absolute atomic E-state index is 0.451. The van der Waals surface area contributed by atoms with E-state index in [4.69, 9.17) is 11.0 Å². The fourth-order valence-electron chi connectivity index (χ4n) is 1.55. The van der Waals surface area contributed by atoms with Crippen molar-refractivity contribution in [3.8, 4) is 11.8 Å². The molecular formula is C11H11N5. The third-order valence-corrected chi connectivity index (χ3v) is 2.28. The van der Waals surface area contributed by atoms with Gasteiger partial charge in [-0.25, -0.2) is 9.67 Å². The number of nitriles is 1. The zero-order valence-corrected chi connectivity index (χ0v) is 9.10. The Morgan fingerprint density at radius 1 is 1.38 bits per heavy atom. The second kappa shape index (κ2) is 3.66. The van der Waals surface area contributed by atoms with Crippen molar-refractivity contribution in [2.75, 3.05) is 5.73 Å². The summed E-state index contributed by atoms with van der Waals surface area (Å²) in [7, 11) is 0. The first kappa shape index (κ1) is 10.2. The molecule has 0 unspecified atom stereocenters. The van der Waals surface area contributed by atoms with Gasteiger partial charge in [-0.15, -0.1) is 0 Å². The maximum absolute atomic E-state index is 8.77. The number of anilines is 1. The minimum atomic E-state index is 0.451. The van der Waals surface area contributed by atoms with Crippen LogP contribution in [0.2, 0.25) is 0 Å². The van der Waals surface area contributed by atoms with Crippen molar-refractivity contribution in [1.29, 1.82) is 5.26 Å². The van der Waals surface area contributed by atoms with Crippen molar-refractivity contribution in [3.63, 3.8) is 0 Å². The van der Waals surface area contributed by atoms with Crippen LogP contribution in [0.1, 0.15) is 17.2 Å². The molecule has 0 aliphatic heterocycles. The monoisotopic (exact) mass is 213 g/mol. The molecule has 0 aliphatic carbocycles. The van der Waals surface area contributed by atoms with E-state index in [2.05, 4.69) is 10.1 Å². The van der Waals surface area contributed by atoms with Crippen molar-refractivity contribution < 1.29 is 0 Å². The van der Waals surface area contributed by atoms with Gasteiger partial charge in [0, 0.05) is 0 Å². The van der Waals surface area contributed by atoms with Crippen LogP contribution in [0.5, 0.6) is 0 Å². The molecule has 2 rings (SSSR count). The Labute approximate surface area is 93.1 Å². The number of benzene rings is 1. The number of nitrogen functional groups attached to an aromatic ring is 1. The molecule has 16 heavy (non-hydrogen) atoms. The van der Waals surface area contributed by atoms with Crippen LogP contribution in [0.15, 0.2) is 18.2 Å². The topological polar surface area (TPSA) is 80.5 Å². The van der Waals surface area contributed by atoms with Gasteiger partial charge in [0.2, 0.25) is 0 Å². The number of aromatic nitrogens is 3. The average molecular weight is 213 g/mol. The predicted molar refractivity (Wildman–Crippen MR) is 60.0 cm³/mol. The molecular weight excluding hydrogens is 202 g/mol. The largest absolute Gasteiger partial charge is 0.398 e. The van der Waals surface area contributed by atoms with E-state index < -0.39 is 0 Å². The van der Waals surface area contributed by atoms with Crippen molar-refractivity contribution in [1.82, 2.24) is 14.8 Å². The van der Waals surface area contributed by atoms with Crippen molar-refractivity contribution in [2.45, 2.75) is 13.8 Å². The first-order chi connectivity index (χ1) is 7.61. The highest BCUT2D eigenvalue weighted by molar-refractivity contribution is 5.58. The van der Waals surface area contributed by atoms with E-state index in [0.29, 0.717) is 17.1 Å². The van der Waals surface area contributed by atoms with Gasteiger partial charge in [-0.2, -0.15) is 10.4 Å². The molecule has 5 heteroatoms. The van der Waals surface area contributed by atoms with Gasteiger partial charge in [-0.1, -0.05) is 0 Å². The van der Waals surface area contributed by atoms with Crippen LogP contribution in [-0.2, 0) is 0 Å². The smallest absolute Gasteiger partial charge is 0.148 e. The van der Waals surface area contributed by atoms with Gasteiger partial charge in [-0.3, -0.25) is 0 Å². The van der Waals surface area contributed by atoms with E-state index in [1.54, 1.807) is 22.9 Å². The Bertz CT molecular complexity index is 577. The van der Waals surface area contributed by atoms with Crippen LogP contribution >= 0.6 is 0 Å². The number of nitrogens with zero attached hydrogens (tertiary/aromatic N) is 4. The van der Waals surface area contributed by atoms with Crippen LogP contribution < -0.4 is 5.73 Å². The van der Waals surface area contributed by atoms with E-state index in [9.17, 15) is 0 Å². The van der Waals surface area contributed by atoms with Crippen LogP contribution in [-0.4, -0.2) is 14.8 Å². The van der Waals surface area contributed by atoms with Crippen LogP contribution in [0, 0.1) is 25.2 Å². The summed E-state index contributed by atoms with van der Waals surface area (Å²) in [6.07, 6.45) is 0. The quantitative estimate of drug-likeness (QED) is 0.725. The van der Waals surface area contributed by atoms with E-state index in [1.807, 2.05) is 19.9 Å². The molecule has 2 N–H and O–H groups in total. The lowest BCUT2D eigenvalue weighted by Crippen LogP contribution is -2.01. The van der Waals surface area contributed by atoms with E-state index in [0.717, 1.165) is 11.5 Å². The van der Waals surface area contributed by atoms with Gasteiger partial charge in [-0.05, 0) is 32.0 Å². The molecule has 0 fully saturated rings. The summed E-state index contributed by atoms with van der Waals surface area (Å²) in [5.41, 5.74) is 7.48. The molecule has 80 valence electrons. The summed E-state index contributed by atoms with van der Waals surface area (Å²) in [4.78, 5) is 4.21. The van der Waals surface area contributed by atoms with Crippen LogP contribution in [0.25, 0.3) is 5.69 Å². The summed E-state index contributed by atoms with van der Waals surface area (Å²) in [5.74, 6) is 1.50. The molecule has 1 heterocycles. The Morgan fingerprint density at radius 3 is 2.62 bits per heavy atom. The summed E-state index contributed by atoms with van der Waals surface area (Å²) in [6, 6.07) is 7.23. The standard InChI is InChI=1S/C11H11N5/c1-7-14-8(2)16(15-7)10-4-3-9(6-12)11(13)5-10/h3-5H,13H2,1-2H3. The summed E-state index contributed by atoms with van der Waals surface area (Å²) in [5, 5.41) is 13.0. The molecule has 0 spiro atoms. The minimum Gasteiger partial charge on any atom is -0.398 e. The van der Waals surface area contributed by atoms with Gasteiger partial charge < -0.3 is 5.73 Å². The third-order valence-electron chi connectivity index (χ3n) is 2.28. The molecule has 0 amide bonds. The van der Waals surface area contributed by atoms with Gasteiger partial charge >= 0.3 is 0 Å². The average Bonchev–Trinajstić information content (AvgIpc) is 2.58. The highest BCUT2D eigenvalue weighted by atomic mass is 15.3. The second-order valence-corrected chi connectivity index (χ2v) is 3.50. The normalized spacial score (nSPS) is 10.1. The predicted octanol–water partition coefficient (Wildman–Crippen LogP) is 1.34. The SMILES string of the molecule is Cc1nc(C)n(-c2ccc(C#N)c(N)c2)n1. The number of hydrogen-bond acceptors (Lipinski definition) is 4. The Hall–Kier alpha value is -2.35. The van der Waals surface area contributed by atoms with Gasteiger partial charge in [0.05, 0.1) is 16.9 Å². The number of hydrogen-bond donors (Lipinski definition) is 1. The van der Waals surface area contributed by atoms with Crippen molar-refractivity contribution >= 4 is 5.69 Å². The number of nitrogens with two attached hydrogens (primary N) is 1. The summed E-state index contributed by atoms with van der Waals surface area (Å²) >= 11 is 0. The molecule has 0 saturated heterocycles. The molecule has 2 aromatic rings. The van der Waals surface area contributed by atoms with Gasteiger partial charge in [0.25, 0.3) is 0 Å². The molecule has 0 saturated carbocycles. The third kappa shape index (κ3) is 1.61. The maximum atomic E-state index is 8.77. The molecule has 5 nitrogen and oxygen atoms in total. The molecule has 1 aromatic carbocycles. The van der Waals surface area contributed by atoms with Crippen LogP contribution in [0.4, 0.5) is 5.69 Å². The van der Waals surface area contributed by atoms with E-state index >= 15 is 0 Å². The first-order valence-corrected chi connectivity index (χ1v) is 4.82. The second-order valence-electron chi connectivity index (χ2n) is 3.50. The fraction of sp³-hybridized carbons (Fsp3) is 0.182. The Balaban J connectivity index is 2.54. The first-order valence-electron chi connectivity index (χ1n) is 4.82. The van der Waals surface area contributed by atoms with Crippen molar-refractivity contribution in [2.24, 2.45) is 0 Å². The van der Waals surface area contributed by atoms with Crippen LogP contribution in [0.3, 0.4) is 0 Å². The number of aryl methyl sites for hydroxylation is 2. The lowest BCUT2D eigenvalue weighted by Gasteiger charge is -2.04. The number of rotatable bonds is 1. The lowest BCUT2D eigenvalue weighted by molar-refractivity contribution is 0.831. The van der Waals surface area contributed by atoms with E-state index in [-0.39, 0.29) is 0 Å². The Kier molecular flexibility index (Phi) is 2.33. The summed E-state index contributed by atoms with van der Waals surface area (Å²) < 4.78 is 1.70. The molecule has 0 atom stereocenters. The van der Waals surface area contributed by atoms with Gasteiger partial charge in [0.1, 0.15) is 17.7 Å².